The highest BCUT2D eigenvalue weighted by atomic mass is 79.9. The number of rotatable bonds is 10. The second-order valence-corrected chi connectivity index (χ2v) is 7.11. The van der Waals surface area contributed by atoms with Gasteiger partial charge in [-0.2, -0.15) is 0 Å². The SMILES string of the molecule is CCCC(CCC)C(Br)c1ccc(OCCOC)c(Br)c1. The average Bonchev–Trinajstić information content (AvgIpc) is 2.48. The summed E-state index contributed by atoms with van der Waals surface area (Å²) in [7, 11) is 1.68. The zero-order valence-corrected chi connectivity index (χ0v) is 16.4. The summed E-state index contributed by atoms with van der Waals surface area (Å²) in [5.74, 6) is 1.56. The van der Waals surface area contributed by atoms with E-state index in [9.17, 15) is 0 Å². The largest absolute Gasteiger partial charge is 0.490 e. The average molecular weight is 422 g/mol. The molecule has 120 valence electrons. The van der Waals surface area contributed by atoms with Crippen molar-refractivity contribution in [3.8, 4) is 5.75 Å². The van der Waals surface area contributed by atoms with Crippen LogP contribution in [0.5, 0.6) is 5.75 Å². The molecular formula is C17H26Br2O2. The predicted octanol–water partition coefficient (Wildman–Crippen LogP) is 6.13. The van der Waals surface area contributed by atoms with E-state index < -0.39 is 0 Å². The van der Waals surface area contributed by atoms with E-state index in [0.29, 0.717) is 24.0 Å². The van der Waals surface area contributed by atoms with Crippen LogP contribution in [0.25, 0.3) is 0 Å². The van der Waals surface area contributed by atoms with Gasteiger partial charge in [0.05, 0.1) is 11.1 Å². The standard InChI is InChI=1S/C17H26Br2O2/c1-4-6-13(7-5-2)17(19)14-8-9-16(15(18)12-14)21-11-10-20-3/h8-9,12-13,17H,4-7,10-11H2,1-3H3. The summed E-state index contributed by atoms with van der Waals surface area (Å²) < 4.78 is 11.7. The molecule has 0 aliphatic carbocycles. The van der Waals surface area contributed by atoms with Gasteiger partial charge in [0, 0.05) is 11.9 Å². The molecule has 0 bridgehead atoms. The molecule has 1 unspecified atom stereocenters. The number of hydrogen-bond acceptors (Lipinski definition) is 2. The molecule has 0 saturated carbocycles. The third-order valence-electron chi connectivity index (χ3n) is 3.55. The van der Waals surface area contributed by atoms with Gasteiger partial charge in [0.25, 0.3) is 0 Å². The van der Waals surface area contributed by atoms with E-state index in [1.54, 1.807) is 7.11 Å². The third kappa shape index (κ3) is 6.29. The van der Waals surface area contributed by atoms with Crippen LogP contribution in [0.4, 0.5) is 0 Å². The van der Waals surface area contributed by atoms with Gasteiger partial charge < -0.3 is 9.47 Å². The van der Waals surface area contributed by atoms with Crippen molar-refractivity contribution in [2.45, 2.75) is 44.4 Å². The molecule has 1 rings (SSSR count). The molecular weight excluding hydrogens is 396 g/mol. The summed E-state index contributed by atoms with van der Waals surface area (Å²) in [6, 6.07) is 6.36. The summed E-state index contributed by atoms with van der Waals surface area (Å²) in [6.07, 6.45) is 4.97. The van der Waals surface area contributed by atoms with Gasteiger partial charge in [0.1, 0.15) is 12.4 Å². The molecule has 0 aliphatic heterocycles. The first-order valence-electron chi connectivity index (χ1n) is 7.69. The molecule has 0 amide bonds. The first-order valence-corrected chi connectivity index (χ1v) is 9.40. The van der Waals surface area contributed by atoms with Crippen molar-refractivity contribution in [1.29, 1.82) is 0 Å². The first kappa shape index (κ1) is 19.0. The van der Waals surface area contributed by atoms with Crippen LogP contribution in [0.2, 0.25) is 0 Å². The van der Waals surface area contributed by atoms with Gasteiger partial charge in [-0.15, -0.1) is 0 Å². The Morgan fingerprint density at radius 1 is 1.10 bits per heavy atom. The summed E-state index contributed by atoms with van der Waals surface area (Å²) >= 11 is 7.50. The highest BCUT2D eigenvalue weighted by Gasteiger charge is 2.20. The van der Waals surface area contributed by atoms with Crippen molar-refractivity contribution in [2.75, 3.05) is 20.3 Å². The van der Waals surface area contributed by atoms with Crippen molar-refractivity contribution in [2.24, 2.45) is 5.92 Å². The van der Waals surface area contributed by atoms with Crippen LogP contribution in [0.1, 0.15) is 49.9 Å². The smallest absolute Gasteiger partial charge is 0.133 e. The van der Waals surface area contributed by atoms with E-state index in [4.69, 9.17) is 9.47 Å². The molecule has 2 nitrogen and oxygen atoms in total. The van der Waals surface area contributed by atoms with Gasteiger partial charge in [-0.25, -0.2) is 0 Å². The van der Waals surface area contributed by atoms with E-state index in [-0.39, 0.29) is 0 Å². The molecule has 0 spiro atoms. The van der Waals surface area contributed by atoms with Crippen LogP contribution in [0.15, 0.2) is 22.7 Å². The van der Waals surface area contributed by atoms with Crippen molar-refractivity contribution in [3.05, 3.63) is 28.2 Å². The molecule has 0 fully saturated rings. The molecule has 0 aliphatic rings. The Morgan fingerprint density at radius 3 is 2.29 bits per heavy atom. The Morgan fingerprint density at radius 2 is 1.76 bits per heavy atom. The summed E-state index contributed by atoms with van der Waals surface area (Å²) in [6.45, 7) is 5.68. The third-order valence-corrected chi connectivity index (χ3v) is 5.45. The summed E-state index contributed by atoms with van der Waals surface area (Å²) in [4.78, 5) is 0.404. The molecule has 0 N–H and O–H groups in total. The topological polar surface area (TPSA) is 18.5 Å². The van der Waals surface area contributed by atoms with E-state index >= 15 is 0 Å². The number of benzene rings is 1. The van der Waals surface area contributed by atoms with E-state index in [1.165, 1.54) is 31.2 Å². The lowest BCUT2D eigenvalue weighted by Crippen LogP contribution is -2.08. The lowest BCUT2D eigenvalue weighted by Gasteiger charge is -2.22. The molecule has 0 radical (unpaired) electrons. The Labute approximate surface area is 145 Å². The maximum absolute atomic E-state index is 5.68. The first-order chi connectivity index (χ1) is 10.1. The molecule has 0 heterocycles. The number of halogens is 2. The van der Waals surface area contributed by atoms with Crippen LogP contribution < -0.4 is 4.74 Å². The predicted molar refractivity (Wildman–Crippen MR) is 96.5 cm³/mol. The van der Waals surface area contributed by atoms with Crippen LogP contribution in [0, 0.1) is 5.92 Å². The fourth-order valence-electron chi connectivity index (χ4n) is 2.49. The molecule has 1 aromatic carbocycles. The lowest BCUT2D eigenvalue weighted by atomic mass is 9.91. The van der Waals surface area contributed by atoms with E-state index in [2.05, 4.69) is 57.8 Å². The van der Waals surface area contributed by atoms with Crippen molar-refractivity contribution in [3.63, 3.8) is 0 Å². The molecule has 1 atom stereocenters. The Kier molecular flexibility index (Phi) is 9.61. The molecule has 0 saturated heterocycles. The summed E-state index contributed by atoms with van der Waals surface area (Å²) in [5.41, 5.74) is 1.31. The normalized spacial score (nSPS) is 12.7. The Balaban J connectivity index is 2.76. The number of hydrogen-bond donors (Lipinski definition) is 0. The van der Waals surface area contributed by atoms with E-state index in [1.807, 2.05) is 6.07 Å². The van der Waals surface area contributed by atoms with Crippen molar-refractivity contribution < 1.29 is 9.47 Å². The van der Waals surface area contributed by atoms with Gasteiger partial charge in [-0.05, 0) is 52.4 Å². The highest BCUT2D eigenvalue weighted by molar-refractivity contribution is 9.10. The zero-order valence-electron chi connectivity index (χ0n) is 13.2. The lowest BCUT2D eigenvalue weighted by molar-refractivity contribution is 0.146. The Bertz CT molecular complexity index is 404. The molecule has 0 aromatic heterocycles. The monoisotopic (exact) mass is 420 g/mol. The van der Waals surface area contributed by atoms with Gasteiger partial charge in [0.2, 0.25) is 0 Å². The van der Waals surface area contributed by atoms with Gasteiger partial charge in [-0.3, -0.25) is 0 Å². The van der Waals surface area contributed by atoms with Crippen LogP contribution in [0.3, 0.4) is 0 Å². The Hall–Kier alpha value is -0.0600. The van der Waals surface area contributed by atoms with Crippen molar-refractivity contribution in [1.82, 2.24) is 0 Å². The van der Waals surface area contributed by atoms with Gasteiger partial charge in [0.15, 0.2) is 0 Å². The minimum atomic E-state index is 0.404. The zero-order chi connectivity index (χ0) is 15.7. The second-order valence-electron chi connectivity index (χ2n) is 5.27. The number of ether oxygens (including phenoxy) is 2. The summed E-state index contributed by atoms with van der Waals surface area (Å²) in [5, 5.41) is 0. The van der Waals surface area contributed by atoms with Crippen LogP contribution in [-0.4, -0.2) is 20.3 Å². The minimum Gasteiger partial charge on any atom is -0.490 e. The maximum Gasteiger partial charge on any atom is 0.133 e. The molecule has 4 heteroatoms. The van der Waals surface area contributed by atoms with E-state index in [0.717, 1.165) is 10.2 Å². The molecule has 21 heavy (non-hydrogen) atoms. The van der Waals surface area contributed by atoms with Crippen LogP contribution >= 0.6 is 31.9 Å². The van der Waals surface area contributed by atoms with Gasteiger partial charge in [-0.1, -0.05) is 48.7 Å². The second kappa shape index (κ2) is 10.6. The molecule has 1 aromatic rings. The van der Waals surface area contributed by atoms with Gasteiger partial charge >= 0.3 is 0 Å². The van der Waals surface area contributed by atoms with Crippen LogP contribution in [-0.2, 0) is 4.74 Å². The maximum atomic E-state index is 5.68. The number of alkyl halides is 1. The fraction of sp³-hybridized carbons (Fsp3) is 0.647. The van der Waals surface area contributed by atoms with Crippen molar-refractivity contribution >= 4 is 31.9 Å². The highest BCUT2D eigenvalue weighted by Crippen LogP contribution is 2.39. The quantitative estimate of drug-likeness (QED) is 0.334. The number of methoxy groups -OCH3 is 1. The fourth-order valence-corrected chi connectivity index (χ4v) is 3.82. The minimum absolute atomic E-state index is 0.404.